The lowest BCUT2D eigenvalue weighted by Gasteiger charge is -2.11. The van der Waals surface area contributed by atoms with E-state index in [4.69, 9.17) is 14.2 Å². The average molecular weight is 317 g/mol. The normalized spacial score (nSPS) is 10.0. The van der Waals surface area contributed by atoms with Crippen molar-refractivity contribution in [1.82, 2.24) is 0 Å². The monoisotopic (exact) mass is 317 g/mol. The topological polar surface area (TPSA) is 87.9 Å². The molecule has 0 spiro atoms. The molecule has 0 atom stereocenters. The molecule has 0 heterocycles. The van der Waals surface area contributed by atoms with Gasteiger partial charge >= 0.3 is 5.97 Å². The minimum absolute atomic E-state index is 0.0920. The summed E-state index contributed by atoms with van der Waals surface area (Å²) in [6, 6.07) is 10.7. The molecule has 0 saturated heterocycles. The summed E-state index contributed by atoms with van der Waals surface area (Å²) in [5.41, 5.74) is 0.202. The molecule has 0 bridgehead atoms. The van der Waals surface area contributed by atoms with Crippen LogP contribution in [0.15, 0.2) is 42.5 Å². The Labute approximate surface area is 132 Å². The minimum atomic E-state index is -0.776. The molecular weight excluding hydrogens is 302 g/mol. The third kappa shape index (κ3) is 3.76. The zero-order valence-electron chi connectivity index (χ0n) is 12.6. The molecule has 7 nitrogen and oxygen atoms in total. The Hall–Kier alpha value is -3.09. The van der Waals surface area contributed by atoms with Crippen molar-refractivity contribution in [2.75, 3.05) is 14.2 Å². The van der Waals surface area contributed by atoms with Gasteiger partial charge in [-0.25, -0.2) is 4.79 Å². The van der Waals surface area contributed by atoms with Crippen LogP contribution in [0, 0.1) is 10.1 Å². The van der Waals surface area contributed by atoms with E-state index in [9.17, 15) is 14.9 Å². The number of rotatable bonds is 6. The number of nitro groups is 1. The van der Waals surface area contributed by atoms with Gasteiger partial charge in [0.2, 0.25) is 0 Å². The molecule has 2 rings (SSSR count). The summed E-state index contributed by atoms with van der Waals surface area (Å²) in [5.74, 6) is 0.339. The molecule has 0 N–H and O–H groups in total. The maximum absolute atomic E-state index is 12.1. The summed E-state index contributed by atoms with van der Waals surface area (Å²) in [6.07, 6.45) is 0. The van der Waals surface area contributed by atoms with Gasteiger partial charge in [-0.05, 0) is 24.3 Å². The van der Waals surface area contributed by atoms with Crippen LogP contribution in [-0.2, 0) is 11.3 Å². The van der Waals surface area contributed by atoms with Gasteiger partial charge in [0.25, 0.3) is 5.69 Å². The van der Waals surface area contributed by atoms with Gasteiger partial charge in [-0.15, -0.1) is 0 Å². The summed E-state index contributed by atoms with van der Waals surface area (Å²) < 4.78 is 15.5. The van der Waals surface area contributed by atoms with Gasteiger partial charge in [0.1, 0.15) is 23.7 Å². The number of hydrogen-bond acceptors (Lipinski definition) is 6. The molecule has 120 valence electrons. The largest absolute Gasteiger partial charge is 0.497 e. The lowest BCUT2D eigenvalue weighted by molar-refractivity contribution is -0.385. The molecule has 0 radical (unpaired) electrons. The van der Waals surface area contributed by atoms with Gasteiger partial charge in [0, 0.05) is 11.6 Å². The zero-order chi connectivity index (χ0) is 16.8. The molecule has 0 aromatic heterocycles. The van der Waals surface area contributed by atoms with Gasteiger partial charge < -0.3 is 14.2 Å². The maximum atomic E-state index is 12.1. The number of carbonyl (C=O) groups is 1. The van der Waals surface area contributed by atoms with E-state index in [-0.39, 0.29) is 17.9 Å². The van der Waals surface area contributed by atoms with Crippen molar-refractivity contribution in [2.45, 2.75) is 6.61 Å². The van der Waals surface area contributed by atoms with Gasteiger partial charge in [0.15, 0.2) is 0 Å². The van der Waals surface area contributed by atoms with E-state index < -0.39 is 10.9 Å². The second-order valence-electron chi connectivity index (χ2n) is 4.53. The summed E-state index contributed by atoms with van der Waals surface area (Å²) >= 11 is 0. The standard InChI is InChI=1S/C16H15NO6/c1-21-12-7-8-15(22-2)11(9-12)10-23-16(18)13-5-3-4-6-14(13)17(19)20/h3-9H,10H2,1-2H3. The summed E-state index contributed by atoms with van der Waals surface area (Å²) in [6.45, 7) is -0.0920. The second kappa shape index (κ2) is 7.26. The van der Waals surface area contributed by atoms with E-state index in [1.165, 1.54) is 38.5 Å². The van der Waals surface area contributed by atoms with Gasteiger partial charge in [-0.3, -0.25) is 10.1 Å². The maximum Gasteiger partial charge on any atom is 0.345 e. The molecule has 0 aliphatic rings. The Morgan fingerprint density at radius 1 is 1.13 bits per heavy atom. The molecule has 0 saturated carbocycles. The fourth-order valence-corrected chi connectivity index (χ4v) is 2.02. The minimum Gasteiger partial charge on any atom is -0.497 e. The van der Waals surface area contributed by atoms with Crippen molar-refractivity contribution >= 4 is 11.7 Å². The predicted molar refractivity (Wildman–Crippen MR) is 81.8 cm³/mol. The van der Waals surface area contributed by atoms with Crippen LogP contribution in [0.5, 0.6) is 11.5 Å². The average Bonchev–Trinajstić information content (AvgIpc) is 2.59. The van der Waals surface area contributed by atoms with E-state index in [2.05, 4.69) is 0 Å². The first-order valence-corrected chi connectivity index (χ1v) is 6.68. The lowest BCUT2D eigenvalue weighted by atomic mass is 10.2. The highest BCUT2D eigenvalue weighted by Gasteiger charge is 2.21. The van der Waals surface area contributed by atoms with Crippen LogP contribution in [0.4, 0.5) is 5.69 Å². The molecule has 0 amide bonds. The SMILES string of the molecule is COc1ccc(OC)c(COC(=O)c2ccccc2[N+](=O)[O-])c1. The first-order chi connectivity index (χ1) is 11.1. The van der Waals surface area contributed by atoms with Crippen molar-refractivity contribution in [3.05, 3.63) is 63.7 Å². The van der Waals surface area contributed by atoms with Crippen LogP contribution in [0.25, 0.3) is 0 Å². The highest BCUT2D eigenvalue weighted by molar-refractivity contribution is 5.93. The van der Waals surface area contributed by atoms with Gasteiger partial charge in [-0.2, -0.15) is 0 Å². The van der Waals surface area contributed by atoms with Crippen LogP contribution in [0.2, 0.25) is 0 Å². The zero-order valence-corrected chi connectivity index (χ0v) is 12.6. The lowest BCUT2D eigenvalue weighted by Crippen LogP contribution is -2.08. The van der Waals surface area contributed by atoms with Crippen LogP contribution in [0.1, 0.15) is 15.9 Å². The van der Waals surface area contributed by atoms with Gasteiger partial charge in [0.05, 0.1) is 19.1 Å². The molecule has 2 aromatic carbocycles. The highest BCUT2D eigenvalue weighted by atomic mass is 16.6. The molecule has 2 aromatic rings. The van der Waals surface area contributed by atoms with E-state index in [1.54, 1.807) is 18.2 Å². The Kier molecular flexibility index (Phi) is 5.14. The van der Waals surface area contributed by atoms with Crippen molar-refractivity contribution in [1.29, 1.82) is 0 Å². The first kappa shape index (κ1) is 16.3. The van der Waals surface area contributed by atoms with E-state index in [1.807, 2.05) is 0 Å². The van der Waals surface area contributed by atoms with Crippen LogP contribution >= 0.6 is 0 Å². The van der Waals surface area contributed by atoms with E-state index in [0.29, 0.717) is 17.1 Å². The number of benzene rings is 2. The van der Waals surface area contributed by atoms with Crippen LogP contribution in [-0.4, -0.2) is 25.1 Å². The van der Waals surface area contributed by atoms with Gasteiger partial charge in [-0.1, -0.05) is 12.1 Å². The fourth-order valence-electron chi connectivity index (χ4n) is 2.02. The molecule has 0 fully saturated rings. The van der Waals surface area contributed by atoms with Crippen LogP contribution in [0.3, 0.4) is 0 Å². The highest BCUT2D eigenvalue weighted by Crippen LogP contribution is 2.25. The predicted octanol–water partition coefficient (Wildman–Crippen LogP) is 2.97. The third-order valence-corrected chi connectivity index (χ3v) is 3.17. The van der Waals surface area contributed by atoms with Crippen molar-refractivity contribution in [2.24, 2.45) is 0 Å². The Bertz CT molecular complexity index is 728. The number of ether oxygens (including phenoxy) is 3. The summed E-state index contributed by atoms with van der Waals surface area (Å²) in [7, 11) is 3.01. The Morgan fingerprint density at radius 3 is 2.52 bits per heavy atom. The molecule has 7 heteroatoms. The number of para-hydroxylation sites is 1. The quantitative estimate of drug-likeness (QED) is 0.462. The van der Waals surface area contributed by atoms with Crippen molar-refractivity contribution in [3.8, 4) is 11.5 Å². The number of carbonyl (C=O) groups excluding carboxylic acids is 1. The first-order valence-electron chi connectivity index (χ1n) is 6.68. The van der Waals surface area contributed by atoms with Crippen molar-refractivity contribution in [3.63, 3.8) is 0 Å². The number of nitro benzene ring substituents is 1. The summed E-state index contributed by atoms with van der Waals surface area (Å²) in [5, 5.41) is 10.9. The number of hydrogen-bond donors (Lipinski definition) is 0. The molecular formula is C16H15NO6. The Balaban J connectivity index is 2.18. The summed E-state index contributed by atoms with van der Waals surface area (Å²) in [4.78, 5) is 22.4. The number of nitrogens with zero attached hydrogens (tertiary/aromatic N) is 1. The second-order valence-corrected chi connectivity index (χ2v) is 4.53. The smallest absolute Gasteiger partial charge is 0.345 e. The number of esters is 1. The molecule has 0 unspecified atom stereocenters. The van der Waals surface area contributed by atoms with Crippen LogP contribution < -0.4 is 9.47 Å². The van der Waals surface area contributed by atoms with Crippen molar-refractivity contribution < 1.29 is 23.9 Å². The van der Waals surface area contributed by atoms with E-state index >= 15 is 0 Å². The Morgan fingerprint density at radius 2 is 1.87 bits per heavy atom. The molecule has 0 aliphatic heterocycles. The third-order valence-electron chi connectivity index (χ3n) is 3.17. The molecule has 23 heavy (non-hydrogen) atoms. The molecule has 0 aliphatic carbocycles. The number of methoxy groups -OCH3 is 2. The fraction of sp³-hybridized carbons (Fsp3) is 0.188. The van der Waals surface area contributed by atoms with E-state index in [0.717, 1.165) is 0 Å².